The largest absolute Gasteiger partial charge is 0.438 e. The van der Waals surface area contributed by atoms with Crippen LogP contribution in [-0.4, -0.2) is 21.0 Å². The zero-order valence-electron chi connectivity index (χ0n) is 11.1. The Labute approximate surface area is 119 Å². The summed E-state index contributed by atoms with van der Waals surface area (Å²) >= 11 is 0. The number of carbonyl (C=O) groups excluding carboxylic acids is 1. The molecular formula is C13H12N4O4. The number of aromatic nitrogens is 2. The first-order valence-electron chi connectivity index (χ1n) is 6.00. The zero-order chi connectivity index (χ0) is 15.4. The Kier molecular flexibility index (Phi) is 4.07. The average molecular weight is 288 g/mol. The van der Waals surface area contributed by atoms with Gasteiger partial charge in [0.25, 0.3) is 5.69 Å². The van der Waals surface area contributed by atoms with Crippen LogP contribution < -0.4 is 5.73 Å². The number of ether oxygens (including phenoxy) is 1. The highest BCUT2D eigenvalue weighted by molar-refractivity contribution is 5.65. The molecule has 0 fully saturated rings. The smallest absolute Gasteiger partial charge is 0.405 e. The van der Waals surface area contributed by atoms with Crippen LogP contribution >= 0.6 is 0 Å². The lowest BCUT2D eigenvalue weighted by atomic mass is 10.1. The molecule has 1 heterocycles. The van der Waals surface area contributed by atoms with E-state index in [1.54, 1.807) is 19.1 Å². The molecular weight excluding hydrogens is 276 g/mol. The number of rotatable bonds is 4. The molecule has 0 aliphatic heterocycles. The van der Waals surface area contributed by atoms with Crippen LogP contribution in [0.4, 0.5) is 10.5 Å². The molecule has 8 nitrogen and oxygen atoms in total. The highest BCUT2D eigenvalue weighted by Crippen LogP contribution is 2.23. The van der Waals surface area contributed by atoms with Gasteiger partial charge in [0, 0.05) is 30.1 Å². The summed E-state index contributed by atoms with van der Waals surface area (Å²) in [7, 11) is 0. The molecule has 0 aliphatic carbocycles. The number of hydrogen-bond acceptors (Lipinski definition) is 6. The lowest BCUT2D eigenvalue weighted by molar-refractivity contribution is -0.384. The van der Waals surface area contributed by atoms with Gasteiger partial charge in [-0.05, 0) is 12.5 Å². The Morgan fingerprint density at radius 3 is 2.57 bits per heavy atom. The minimum absolute atomic E-state index is 0.0120. The summed E-state index contributed by atoms with van der Waals surface area (Å²) in [6.07, 6.45) is 1.43. The Balaban J connectivity index is 2.24. The first-order chi connectivity index (χ1) is 9.97. The Bertz CT molecular complexity index is 672. The van der Waals surface area contributed by atoms with Gasteiger partial charge in [-0.1, -0.05) is 12.1 Å². The van der Waals surface area contributed by atoms with E-state index in [9.17, 15) is 14.9 Å². The molecule has 0 aliphatic rings. The maximum absolute atomic E-state index is 10.7. The van der Waals surface area contributed by atoms with Crippen LogP contribution in [0.25, 0.3) is 11.1 Å². The van der Waals surface area contributed by atoms with Crippen molar-refractivity contribution in [1.29, 1.82) is 0 Å². The van der Waals surface area contributed by atoms with Crippen LogP contribution in [0, 0.1) is 10.1 Å². The van der Waals surface area contributed by atoms with E-state index in [-0.39, 0.29) is 5.69 Å². The van der Waals surface area contributed by atoms with Gasteiger partial charge in [-0.25, -0.2) is 14.8 Å². The quantitative estimate of drug-likeness (QED) is 0.679. The summed E-state index contributed by atoms with van der Waals surface area (Å²) < 4.78 is 4.76. The molecule has 21 heavy (non-hydrogen) atoms. The molecule has 8 heteroatoms. The minimum atomic E-state index is -0.908. The molecule has 1 aromatic carbocycles. The van der Waals surface area contributed by atoms with E-state index >= 15 is 0 Å². The molecule has 0 bridgehead atoms. The van der Waals surface area contributed by atoms with Gasteiger partial charge in [-0.2, -0.15) is 0 Å². The Morgan fingerprint density at radius 1 is 1.33 bits per heavy atom. The van der Waals surface area contributed by atoms with Crippen molar-refractivity contribution < 1.29 is 14.5 Å². The number of primary amides is 1. The monoisotopic (exact) mass is 288 g/mol. The summed E-state index contributed by atoms with van der Waals surface area (Å²) in [5.41, 5.74) is 6.15. The molecule has 0 saturated carbocycles. The van der Waals surface area contributed by atoms with Crippen LogP contribution in [0.15, 0.2) is 36.7 Å². The van der Waals surface area contributed by atoms with Crippen LogP contribution in [0.2, 0.25) is 0 Å². The van der Waals surface area contributed by atoms with Crippen molar-refractivity contribution >= 4 is 11.8 Å². The fraction of sp³-hybridized carbons (Fsp3) is 0.154. The van der Waals surface area contributed by atoms with Gasteiger partial charge in [0.05, 0.1) is 4.92 Å². The van der Waals surface area contributed by atoms with E-state index in [1.807, 2.05) is 0 Å². The van der Waals surface area contributed by atoms with E-state index in [2.05, 4.69) is 9.97 Å². The highest BCUT2D eigenvalue weighted by Gasteiger charge is 2.13. The van der Waals surface area contributed by atoms with Crippen LogP contribution in [0.5, 0.6) is 0 Å². The molecule has 1 unspecified atom stereocenters. The number of hydrogen-bond donors (Lipinski definition) is 1. The Hall–Kier alpha value is -3.03. The topological polar surface area (TPSA) is 121 Å². The second-order valence-electron chi connectivity index (χ2n) is 4.22. The van der Waals surface area contributed by atoms with E-state index in [0.717, 1.165) is 0 Å². The van der Waals surface area contributed by atoms with Crippen molar-refractivity contribution in [2.45, 2.75) is 13.0 Å². The van der Waals surface area contributed by atoms with Gasteiger partial charge in [0.15, 0.2) is 11.9 Å². The number of nitro groups is 1. The van der Waals surface area contributed by atoms with Gasteiger partial charge in [-0.3, -0.25) is 10.1 Å². The van der Waals surface area contributed by atoms with E-state index in [4.69, 9.17) is 10.5 Å². The fourth-order valence-electron chi connectivity index (χ4n) is 1.72. The van der Waals surface area contributed by atoms with Crippen molar-refractivity contribution in [2.24, 2.45) is 5.73 Å². The second kappa shape index (κ2) is 5.95. The second-order valence-corrected chi connectivity index (χ2v) is 4.22. The summed E-state index contributed by atoms with van der Waals surface area (Å²) in [5.74, 6) is 0.294. The van der Waals surface area contributed by atoms with Crippen molar-refractivity contribution in [3.05, 3.63) is 52.6 Å². The molecule has 0 spiro atoms. The molecule has 1 amide bonds. The number of benzene rings is 1. The molecule has 2 rings (SSSR count). The number of amides is 1. The summed E-state index contributed by atoms with van der Waals surface area (Å²) in [4.78, 5) is 29.1. The number of nitrogens with two attached hydrogens (primary N) is 1. The van der Waals surface area contributed by atoms with E-state index in [1.165, 1.54) is 24.5 Å². The third kappa shape index (κ3) is 3.50. The maximum Gasteiger partial charge on any atom is 0.405 e. The predicted octanol–water partition coefficient (Wildman–Crippen LogP) is 2.21. The van der Waals surface area contributed by atoms with Gasteiger partial charge >= 0.3 is 6.09 Å². The maximum atomic E-state index is 10.7. The van der Waals surface area contributed by atoms with Crippen LogP contribution in [0.1, 0.15) is 18.9 Å². The van der Waals surface area contributed by atoms with E-state index in [0.29, 0.717) is 17.0 Å². The Morgan fingerprint density at radius 2 is 2.00 bits per heavy atom. The van der Waals surface area contributed by atoms with Gasteiger partial charge in [-0.15, -0.1) is 0 Å². The first-order valence-corrected chi connectivity index (χ1v) is 6.00. The average Bonchev–Trinajstić information content (AvgIpc) is 2.47. The minimum Gasteiger partial charge on any atom is -0.438 e. The first kappa shape index (κ1) is 14.4. The van der Waals surface area contributed by atoms with Crippen LogP contribution in [-0.2, 0) is 4.74 Å². The van der Waals surface area contributed by atoms with Gasteiger partial charge in [0.1, 0.15) is 0 Å². The lowest BCUT2D eigenvalue weighted by Crippen LogP contribution is -2.17. The number of carbonyl (C=O) groups is 1. The van der Waals surface area contributed by atoms with Crippen molar-refractivity contribution in [2.75, 3.05) is 0 Å². The predicted molar refractivity (Wildman–Crippen MR) is 73.2 cm³/mol. The molecule has 1 atom stereocenters. The van der Waals surface area contributed by atoms with Crippen molar-refractivity contribution in [3.63, 3.8) is 0 Å². The number of nitro benzene ring substituents is 1. The third-order valence-electron chi connectivity index (χ3n) is 2.72. The SMILES string of the molecule is CC(OC(N)=O)c1ncc(-c2cccc([N+](=O)[O-])c2)cn1. The molecule has 0 radical (unpaired) electrons. The van der Waals surface area contributed by atoms with Gasteiger partial charge in [0.2, 0.25) is 0 Å². The summed E-state index contributed by atoms with van der Waals surface area (Å²) in [6, 6.07) is 6.14. The van der Waals surface area contributed by atoms with Crippen molar-refractivity contribution in [1.82, 2.24) is 9.97 Å². The number of nitrogens with zero attached hydrogens (tertiary/aromatic N) is 3. The highest BCUT2D eigenvalue weighted by atomic mass is 16.6. The molecule has 2 N–H and O–H groups in total. The van der Waals surface area contributed by atoms with Crippen molar-refractivity contribution in [3.8, 4) is 11.1 Å². The summed E-state index contributed by atoms with van der Waals surface area (Å²) in [6.45, 7) is 1.59. The molecule has 2 aromatic rings. The molecule has 108 valence electrons. The molecule has 1 aromatic heterocycles. The molecule has 0 saturated heterocycles. The normalized spacial score (nSPS) is 11.7. The number of non-ortho nitro benzene ring substituents is 1. The standard InChI is InChI=1S/C13H12N4O4/c1-8(21-13(14)18)12-15-6-10(7-16-12)9-3-2-4-11(5-9)17(19)20/h2-8H,1H3,(H2,14,18). The van der Waals surface area contributed by atoms with E-state index < -0.39 is 17.1 Å². The fourth-order valence-corrected chi connectivity index (χ4v) is 1.72. The summed E-state index contributed by atoms with van der Waals surface area (Å²) in [5, 5.41) is 10.7. The van der Waals surface area contributed by atoms with Crippen LogP contribution in [0.3, 0.4) is 0 Å². The van der Waals surface area contributed by atoms with Gasteiger partial charge < -0.3 is 10.5 Å². The lowest BCUT2D eigenvalue weighted by Gasteiger charge is -2.10. The zero-order valence-corrected chi connectivity index (χ0v) is 11.1. The third-order valence-corrected chi connectivity index (χ3v) is 2.72.